The first-order valence-electron chi connectivity index (χ1n) is 6.17. The monoisotopic (exact) mass is 268 g/mol. The summed E-state index contributed by atoms with van der Waals surface area (Å²) >= 11 is 1.64. The molecule has 2 aromatic carbocycles. The largest absolute Gasteiger partial charge is 0.398 e. The number of nitriles is 1. The number of hydrogen-bond acceptors (Lipinski definition) is 3. The van der Waals surface area contributed by atoms with E-state index in [0.717, 1.165) is 9.79 Å². The summed E-state index contributed by atoms with van der Waals surface area (Å²) in [6, 6.07) is 16.2. The van der Waals surface area contributed by atoms with Gasteiger partial charge in [0.25, 0.3) is 0 Å². The lowest BCUT2D eigenvalue weighted by Gasteiger charge is -2.07. The molecule has 2 aromatic rings. The molecule has 19 heavy (non-hydrogen) atoms. The molecule has 0 unspecified atom stereocenters. The summed E-state index contributed by atoms with van der Waals surface area (Å²) in [6.45, 7) is 4.36. The van der Waals surface area contributed by atoms with E-state index in [1.165, 1.54) is 5.56 Å². The topological polar surface area (TPSA) is 49.8 Å². The summed E-state index contributed by atoms with van der Waals surface area (Å²) < 4.78 is 0. The summed E-state index contributed by atoms with van der Waals surface area (Å²) in [5.41, 5.74) is 8.11. The second-order valence-electron chi connectivity index (χ2n) is 4.69. The maximum absolute atomic E-state index is 8.97. The van der Waals surface area contributed by atoms with E-state index in [4.69, 9.17) is 11.0 Å². The van der Waals surface area contributed by atoms with Crippen LogP contribution < -0.4 is 5.73 Å². The summed E-state index contributed by atoms with van der Waals surface area (Å²) in [5, 5.41) is 8.97. The minimum absolute atomic E-state index is 0.530. The average molecular weight is 268 g/mol. The number of nitrogen functional groups attached to an aromatic ring is 1. The van der Waals surface area contributed by atoms with Crippen molar-refractivity contribution in [1.29, 1.82) is 5.26 Å². The van der Waals surface area contributed by atoms with E-state index in [1.54, 1.807) is 17.8 Å². The van der Waals surface area contributed by atoms with Crippen LogP contribution in [0.5, 0.6) is 0 Å². The van der Waals surface area contributed by atoms with Gasteiger partial charge in [-0.1, -0.05) is 37.7 Å². The standard InChI is InChI=1S/C16H16N2S/c1-11(2)12-3-5-14(6-4-12)19-15-7-8-16(18)13(9-15)10-17/h3-9,11H,18H2,1-2H3. The predicted molar refractivity (Wildman–Crippen MR) is 80.2 cm³/mol. The molecule has 0 atom stereocenters. The SMILES string of the molecule is CC(C)c1ccc(Sc2ccc(N)c(C#N)c2)cc1. The van der Waals surface area contributed by atoms with Crippen LogP contribution in [-0.4, -0.2) is 0 Å². The highest BCUT2D eigenvalue weighted by Crippen LogP contribution is 2.30. The van der Waals surface area contributed by atoms with Crippen molar-refractivity contribution >= 4 is 17.4 Å². The fourth-order valence-corrected chi connectivity index (χ4v) is 2.61. The molecular weight excluding hydrogens is 252 g/mol. The van der Waals surface area contributed by atoms with E-state index in [0.29, 0.717) is 17.2 Å². The Balaban J connectivity index is 2.19. The van der Waals surface area contributed by atoms with Crippen molar-refractivity contribution < 1.29 is 0 Å². The van der Waals surface area contributed by atoms with Gasteiger partial charge in [-0.05, 0) is 41.8 Å². The molecule has 0 aromatic heterocycles. The lowest BCUT2D eigenvalue weighted by Crippen LogP contribution is -1.90. The van der Waals surface area contributed by atoms with E-state index in [2.05, 4.69) is 44.2 Å². The van der Waals surface area contributed by atoms with Gasteiger partial charge in [0, 0.05) is 15.5 Å². The zero-order valence-electron chi connectivity index (χ0n) is 11.1. The third kappa shape index (κ3) is 3.30. The zero-order chi connectivity index (χ0) is 13.8. The first kappa shape index (κ1) is 13.5. The van der Waals surface area contributed by atoms with Gasteiger partial charge in [0.2, 0.25) is 0 Å². The maximum atomic E-state index is 8.97. The fraction of sp³-hybridized carbons (Fsp3) is 0.188. The van der Waals surface area contributed by atoms with Crippen molar-refractivity contribution in [3.63, 3.8) is 0 Å². The molecule has 0 radical (unpaired) electrons. The quantitative estimate of drug-likeness (QED) is 0.838. The van der Waals surface area contributed by atoms with Gasteiger partial charge in [0.05, 0.1) is 5.56 Å². The number of nitrogens with two attached hydrogens (primary N) is 1. The molecule has 2 N–H and O–H groups in total. The smallest absolute Gasteiger partial charge is 0.101 e. The van der Waals surface area contributed by atoms with Crippen LogP contribution in [0.4, 0.5) is 5.69 Å². The van der Waals surface area contributed by atoms with Crippen LogP contribution in [0.15, 0.2) is 52.3 Å². The summed E-state index contributed by atoms with van der Waals surface area (Å²) in [6.07, 6.45) is 0. The Kier molecular flexibility index (Phi) is 4.13. The first-order valence-corrected chi connectivity index (χ1v) is 6.99. The van der Waals surface area contributed by atoms with Gasteiger partial charge in [-0.15, -0.1) is 0 Å². The molecule has 0 aliphatic rings. The van der Waals surface area contributed by atoms with Gasteiger partial charge in [-0.3, -0.25) is 0 Å². The Morgan fingerprint density at radius 1 is 1.05 bits per heavy atom. The first-order chi connectivity index (χ1) is 9.10. The lowest BCUT2D eigenvalue weighted by molar-refractivity contribution is 0.865. The Morgan fingerprint density at radius 2 is 1.68 bits per heavy atom. The van der Waals surface area contributed by atoms with Crippen molar-refractivity contribution in [3.05, 3.63) is 53.6 Å². The highest BCUT2D eigenvalue weighted by molar-refractivity contribution is 7.99. The van der Waals surface area contributed by atoms with Crippen molar-refractivity contribution in [2.45, 2.75) is 29.6 Å². The van der Waals surface area contributed by atoms with Gasteiger partial charge in [-0.2, -0.15) is 5.26 Å². The Morgan fingerprint density at radius 3 is 2.26 bits per heavy atom. The minimum atomic E-state index is 0.530. The van der Waals surface area contributed by atoms with Crippen LogP contribution in [0, 0.1) is 11.3 Å². The van der Waals surface area contributed by atoms with E-state index >= 15 is 0 Å². The van der Waals surface area contributed by atoms with Gasteiger partial charge < -0.3 is 5.73 Å². The Bertz CT molecular complexity index is 610. The molecule has 0 fully saturated rings. The third-order valence-electron chi connectivity index (χ3n) is 2.93. The van der Waals surface area contributed by atoms with Crippen molar-refractivity contribution in [2.75, 3.05) is 5.73 Å². The molecular formula is C16H16N2S. The lowest BCUT2D eigenvalue weighted by atomic mass is 10.0. The molecule has 0 spiro atoms. The average Bonchev–Trinajstić information content (AvgIpc) is 2.41. The molecule has 0 heterocycles. The molecule has 2 rings (SSSR count). The van der Waals surface area contributed by atoms with Crippen LogP contribution in [0.25, 0.3) is 0 Å². The summed E-state index contributed by atoms with van der Waals surface area (Å²) in [5.74, 6) is 0.542. The normalized spacial score (nSPS) is 10.4. The van der Waals surface area contributed by atoms with Crippen LogP contribution in [0.3, 0.4) is 0 Å². The number of anilines is 1. The number of benzene rings is 2. The van der Waals surface area contributed by atoms with E-state index in [9.17, 15) is 0 Å². The molecule has 2 nitrogen and oxygen atoms in total. The van der Waals surface area contributed by atoms with Crippen molar-refractivity contribution in [1.82, 2.24) is 0 Å². The molecule has 0 aliphatic carbocycles. The molecule has 0 bridgehead atoms. The van der Waals surface area contributed by atoms with Gasteiger partial charge >= 0.3 is 0 Å². The Labute approximate surface area is 118 Å². The molecule has 0 saturated carbocycles. The van der Waals surface area contributed by atoms with Gasteiger partial charge in [0.1, 0.15) is 6.07 Å². The van der Waals surface area contributed by atoms with E-state index < -0.39 is 0 Å². The minimum Gasteiger partial charge on any atom is -0.398 e. The summed E-state index contributed by atoms with van der Waals surface area (Å²) in [7, 11) is 0. The van der Waals surface area contributed by atoms with Crippen molar-refractivity contribution in [2.24, 2.45) is 0 Å². The summed E-state index contributed by atoms with van der Waals surface area (Å²) in [4.78, 5) is 2.20. The Hall–Kier alpha value is -1.92. The maximum Gasteiger partial charge on any atom is 0.101 e. The fourth-order valence-electron chi connectivity index (χ4n) is 1.75. The van der Waals surface area contributed by atoms with Crippen LogP contribution >= 0.6 is 11.8 Å². The molecule has 96 valence electrons. The molecule has 0 aliphatic heterocycles. The number of nitrogens with zero attached hydrogens (tertiary/aromatic N) is 1. The molecule has 3 heteroatoms. The van der Waals surface area contributed by atoms with Gasteiger partial charge in [0.15, 0.2) is 0 Å². The molecule has 0 saturated heterocycles. The highest BCUT2D eigenvalue weighted by atomic mass is 32.2. The van der Waals surface area contributed by atoms with Crippen LogP contribution in [-0.2, 0) is 0 Å². The van der Waals surface area contributed by atoms with Gasteiger partial charge in [-0.25, -0.2) is 0 Å². The highest BCUT2D eigenvalue weighted by Gasteiger charge is 2.03. The van der Waals surface area contributed by atoms with Crippen molar-refractivity contribution in [3.8, 4) is 6.07 Å². The van der Waals surface area contributed by atoms with E-state index in [-0.39, 0.29) is 0 Å². The van der Waals surface area contributed by atoms with E-state index in [1.807, 2.05) is 12.1 Å². The van der Waals surface area contributed by atoms with Crippen LogP contribution in [0.1, 0.15) is 30.9 Å². The predicted octanol–water partition coefficient (Wildman–Crippen LogP) is 4.42. The number of rotatable bonds is 3. The number of hydrogen-bond donors (Lipinski definition) is 1. The third-order valence-corrected chi connectivity index (χ3v) is 3.93. The second kappa shape index (κ2) is 5.81. The molecule has 0 amide bonds. The zero-order valence-corrected chi connectivity index (χ0v) is 11.9. The second-order valence-corrected chi connectivity index (χ2v) is 5.83. The van der Waals surface area contributed by atoms with Crippen LogP contribution in [0.2, 0.25) is 0 Å².